The van der Waals surface area contributed by atoms with Gasteiger partial charge in [0.2, 0.25) is 0 Å². The fraction of sp³-hybridized carbons (Fsp3) is 0.611. The van der Waals surface area contributed by atoms with E-state index in [4.69, 9.17) is 5.11 Å². The monoisotopic (exact) mass is 276 g/mol. The van der Waals surface area contributed by atoms with E-state index >= 15 is 0 Å². The zero-order valence-electron chi connectivity index (χ0n) is 13.5. The number of allylic oxidation sites excluding steroid dienone is 5. The van der Waals surface area contributed by atoms with Crippen molar-refractivity contribution in [3.05, 3.63) is 34.9 Å². The van der Waals surface area contributed by atoms with Gasteiger partial charge in [-0.3, -0.25) is 4.79 Å². The van der Waals surface area contributed by atoms with Gasteiger partial charge in [-0.15, -0.1) is 0 Å². The molecule has 0 aromatic carbocycles. The van der Waals surface area contributed by atoms with Crippen molar-refractivity contribution in [3.63, 3.8) is 0 Å². The molecule has 0 saturated heterocycles. The minimum absolute atomic E-state index is 0.0700. The summed E-state index contributed by atoms with van der Waals surface area (Å²) in [6.45, 7) is 10.4. The van der Waals surface area contributed by atoms with Gasteiger partial charge in [-0.05, 0) is 63.0 Å². The second-order valence-electron chi connectivity index (χ2n) is 6.54. The zero-order chi connectivity index (χ0) is 15.3. The van der Waals surface area contributed by atoms with Crippen LogP contribution in [0.3, 0.4) is 0 Å². The number of aliphatic hydroxyl groups excluding tert-OH is 1. The Labute approximate surface area is 123 Å². The third-order valence-corrected chi connectivity index (χ3v) is 4.53. The van der Waals surface area contributed by atoms with E-state index in [1.165, 1.54) is 17.6 Å². The topological polar surface area (TPSA) is 37.3 Å². The SMILES string of the molecule is CC(=O)/C=C/C1=C(C)CCC(C/C=C(\C)CO)C1(C)C. The molecule has 0 saturated carbocycles. The first-order valence-corrected chi connectivity index (χ1v) is 7.44. The third kappa shape index (κ3) is 4.17. The number of hydrogen-bond donors (Lipinski definition) is 1. The Balaban J connectivity index is 2.97. The van der Waals surface area contributed by atoms with Crippen molar-refractivity contribution in [1.29, 1.82) is 0 Å². The number of aliphatic hydroxyl groups is 1. The molecule has 1 unspecified atom stereocenters. The summed E-state index contributed by atoms with van der Waals surface area (Å²) in [6, 6.07) is 0. The van der Waals surface area contributed by atoms with Crippen molar-refractivity contribution in [1.82, 2.24) is 0 Å². The quantitative estimate of drug-likeness (QED) is 0.603. The summed E-state index contributed by atoms with van der Waals surface area (Å²) >= 11 is 0. The van der Waals surface area contributed by atoms with Crippen molar-refractivity contribution >= 4 is 5.78 Å². The number of carbonyl (C=O) groups is 1. The average molecular weight is 276 g/mol. The Morgan fingerprint density at radius 2 is 2.05 bits per heavy atom. The molecular formula is C18H28O2. The number of hydrogen-bond acceptors (Lipinski definition) is 2. The maximum Gasteiger partial charge on any atom is 0.152 e. The molecule has 0 spiro atoms. The molecule has 0 aromatic heterocycles. The standard InChI is InChI=1S/C18H28O2/c1-13(12-19)6-9-16-10-7-14(2)17(18(16,4)5)11-8-15(3)20/h6,8,11,16,19H,7,9-10,12H2,1-5H3/b11-8+,13-6+. The highest BCUT2D eigenvalue weighted by Gasteiger charge is 2.35. The van der Waals surface area contributed by atoms with Crippen LogP contribution in [0.4, 0.5) is 0 Å². The molecule has 0 bridgehead atoms. The lowest BCUT2D eigenvalue weighted by molar-refractivity contribution is -0.112. The highest BCUT2D eigenvalue weighted by Crippen LogP contribution is 2.46. The van der Waals surface area contributed by atoms with Crippen molar-refractivity contribution < 1.29 is 9.90 Å². The van der Waals surface area contributed by atoms with Crippen LogP contribution in [0.15, 0.2) is 34.9 Å². The summed E-state index contributed by atoms with van der Waals surface area (Å²) in [7, 11) is 0. The largest absolute Gasteiger partial charge is 0.392 e. The van der Waals surface area contributed by atoms with E-state index in [-0.39, 0.29) is 17.8 Å². The molecule has 0 heterocycles. The summed E-state index contributed by atoms with van der Waals surface area (Å²) < 4.78 is 0. The molecule has 1 N–H and O–H groups in total. The first kappa shape index (κ1) is 16.9. The van der Waals surface area contributed by atoms with Gasteiger partial charge < -0.3 is 5.11 Å². The molecule has 0 aromatic rings. The fourth-order valence-corrected chi connectivity index (χ4v) is 3.03. The zero-order valence-corrected chi connectivity index (χ0v) is 13.5. The van der Waals surface area contributed by atoms with Crippen LogP contribution >= 0.6 is 0 Å². The van der Waals surface area contributed by atoms with Gasteiger partial charge in [0, 0.05) is 0 Å². The molecule has 1 aliphatic carbocycles. The van der Waals surface area contributed by atoms with E-state index in [9.17, 15) is 4.79 Å². The second-order valence-corrected chi connectivity index (χ2v) is 6.54. The number of carbonyl (C=O) groups excluding carboxylic acids is 1. The van der Waals surface area contributed by atoms with Gasteiger partial charge in [0.05, 0.1) is 6.61 Å². The van der Waals surface area contributed by atoms with Crippen LogP contribution in [0.25, 0.3) is 0 Å². The summed E-state index contributed by atoms with van der Waals surface area (Å²) in [5.41, 5.74) is 3.80. The maximum absolute atomic E-state index is 11.2. The Hall–Kier alpha value is -1.15. The molecule has 0 aliphatic heterocycles. The highest BCUT2D eigenvalue weighted by atomic mass is 16.3. The normalized spacial score (nSPS) is 23.5. The van der Waals surface area contributed by atoms with Crippen LogP contribution < -0.4 is 0 Å². The molecule has 1 rings (SSSR count). The number of ketones is 1. The predicted molar refractivity (Wildman–Crippen MR) is 84.5 cm³/mol. The summed E-state index contributed by atoms with van der Waals surface area (Å²) in [5.74, 6) is 0.651. The lowest BCUT2D eigenvalue weighted by Gasteiger charge is -2.40. The fourth-order valence-electron chi connectivity index (χ4n) is 3.03. The van der Waals surface area contributed by atoms with Gasteiger partial charge in [-0.1, -0.05) is 37.1 Å². The van der Waals surface area contributed by atoms with Crippen LogP contribution in [0.2, 0.25) is 0 Å². The third-order valence-electron chi connectivity index (χ3n) is 4.53. The van der Waals surface area contributed by atoms with Gasteiger partial charge in [0.15, 0.2) is 5.78 Å². The van der Waals surface area contributed by atoms with Crippen LogP contribution in [0, 0.1) is 11.3 Å². The van der Waals surface area contributed by atoms with Crippen LogP contribution in [0.1, 0.15) is 53.9 Å². The Bertz CT molecular complexity index is 450. The van der Waals surface area contributed by atoms with E-state index in [0.29, 0.717) is 5.92 Å². The van der Waals surface area contributed by atoms with Crippen LogP contribution in [-0.4, -0.2) is 17.5 Å². The van der Waals surface area contributed by atoms with Crippen molar-refractivity contribution in [2.75, 3.05) is 6.61 Å². The first-order valence-electron chi connectivity index (χ1n) is 7.44. The molecule has 1 atom stereocenters. The molecule has 0 fully saturated rings. The Morgan fingerprint density at radius 3 is 2.60 bits per heavy atom. The lowest BCUT2D eigenvalue weighted by atomic mass is 9.64. The summed E-state index contributed by atoms with van der Waals surface area (Å²) in [5, 5.41) is 9.11. The summed E-state index contributed by atoms with van der Waals surface area (Å²) in [4.78, 5) is 11.2. The van der Waals surface area contributed by atoms with Gasteiger partial charge in [0.1, 0.15) is 0 Å². The Morgan fingerprint density at radius 1 is 1.40 bits per heavy atom. The molecule has 1 aliphatic rings. The predicted octanol–water partition coefficient (Wildman–Crippen LogP) is 4.21. The highest BCUT2D eigenvalue weighted by molar-refractivity contribution is 5.87. The van der Waals surface area contributed by atoms with Gasteiger partial charge in [-0.25, -0.2) is 0 Å². The molecule has 0 amide bonds. The van der Waals surface area contributed by atoms with Crippen LogP contribution in [-0.2, 0) is 4.79 Å². The number of rotatable bonds is 5. The smallest absolute Gasteiger partial charge is 0.152 e. The minimum Gasteiger partial charge on any atom is -0.392 e. The van der Waals surface area contributed by atoms with Crippen molar-refractivity contribution in [2.24, 2.45) is 11.3 Å². The first-order chi connectivity index (χ1) is 9.28. The average Bonchev–Trinajstić information content (AvgIpc) is 2.36. The molecule has 0 radical (unpaired) electrons. The maximum atomic E-state index is 11.2. The lowest BCUT2D eigenvalue weighted by Crippen LogP contribution is -2.30. The van der Waals surface area contributed by atoms with E-state index in [2.05, 4.69) is 26.8 Å². The van der Waals surface area contributed by atoms with Crippen LogP contribution in [0.5, 0.6) is 0 Å². The van der Waals surface area contributed by atoms with Crippen molar-refractivity contribution in [3.8, 4) is 0 Å². The summed E-state index contributed by atoms with van der Waals surface area (Å²) in [6.07, 6.45) is 9.09. The van der Waals surface area contributed by atoms with E-state index in [1.807, 2.05) is 13.0 Å². The molecule has 2 heteroatoms. The molecule has 2 nitrogen and oxygen atoms in total. The second kappa shape index (κ2) is 7.03. The van der Waals surface area contributed by atoms with E-state index in [0.717, 1.165) is 18.4 Å². The Kier molecular flexibility index (Phi) is 5.94. The molecule has 20 heavy (non-hydrogen) atoms. The molecular weight excluding hydrogens is 248 g/mol. The van der Waals surface area contributed by atoms with Gasteiger partial charge in [-0.2, -0.15) is 0 Å². The van der Waals surface area contributed by atoms with Crippen molar-refractivity contribution in [2.45, 2.75) is 53.9 Å². The minimum atomic E-state index is 0.0700. The van der Waals surface area contributed by atoms with Gasteiger partial charge in [0.25, 0.3) is 0 Å². The van der Waals surface area contributed by atoms with E-state index < -0.39 is 0 Å². The van der Waals surface area contributed by atoms with E-state index in [1.54, 1.807) is 13.0 Å². The molecule has 112 valence electrons. The van der Waals surface area contributed by atoms with Gasteiger partial charge >= 0.3 is 0 Å².